The van der Waals surface area contributed by atoms with Gasteiger partial charge in [0, 0.05) is 0 Å². The van der Waals surface area contributed by atoms with Crippen LogP contribution in [0.2, 0.25) is 12.1 Å². The highest BCUT2D eigenvalue weighted by Gasteiger charge is 2.22. The average Bonchev–Trinajstić information content (AvgIpc) is 2.27. The van der Waals surface area contributed by atoms with Crippen LogP contribution in [0.3, 0.4) is 0 Å². The molecule has 0 N–H and O–H groups in total. The van der Waals surface area contributed by atoms with Gasteiger partial charge in [-0.2, -0.15) is 0 Å². The molecule has 0 aliphatic rings. The first-order valence-electron chi connectivity index (χ1n) is 7.01. The summed E-state index contributed by atoms with van der Waals surface area (Å²) in [7, 11) is 6.50. The van der Waals surface area contributed by atoms with E-state index in [2.05, 4.69) is 51.2 Å². The van der Waals surface area contributed by atoms with Gasteiger partial charge in [-0.15, -0.1) is 0 Å². The third-order valence-electron chi connectivity index (χ3n) is 3.08. The molecule has 0 fully saturated rings. The van der Waals surface area contributed by atoms with E-state index in [1.165, 1.54) is 37.8 Å². The Balaban J connectivity index is 4.23. The third-order valence-corrected chi connectivity index (χ3v) is 9.70. The second-order valence-corrected chi connectivity index (χ2v) is 11.4. The van der Waals surface area contributed by atoms with Crippen LogP contribution in [0.5, 0.6) is 0 Å². The summed E-state index contributed by atoms with van der Waals surface area (Å²) < 4.78 is 11.2. The van der Waals surface area contributed by atoms with Crippen LogP contribution in [0.15, 0.2) is 0 Å². The van der Waals surface area contributed by atoms with Crippen LogP contribution < -0.4 is 0 Å². The minimum atomic E-state index is -1.13. The first-order chi connectivity index (χ1) is 8.02. The van der Waals surface area contributed by atoms with Gasteiger partial charge in [0.05, 0.1) is 0 Å². The molecule has 2 unspecified atom stereocenters. The van der Waals surface area contributed by atoms with E-state index in [0.29, 0.717) is 0 Å². The van der Waals surface area contributed by atoms with Crippen molar-refractivity contribution in [1.29, 1.82) is 0 Å². The fourth-order valence-corrected chi connectivity index (χ4v) is 8.87. The summed E-state index contributed by atoms with van der Waals surface area (Å²) in [6.45, 7) is 4.53. The van der Waals surface area contributed by atoms with Crippen LogP contribution in [0.4, 0.5) is 0 Å². The quantitative estimate of drug-likeness (QED) is 0.569. The van der Waals surface area contributed by atoms with Crippen molar-refractivity contribution >= 4 is 18.4 Å². The Bertz CT molecular complexity index is 162. The van der Waals surface area contributed by atoms with Gasteiger partial charge in [-0.3, -0.25) is 0 Å². The summed E-state index contributed by atoms with van der Waals surface area (Å²) in [5.41, 5.74) is 0. The van der Waals surface area contributed by atoms with Crippen LogP contribution in [0.25, 0.3) is 0 Å². The molecule has 104 valence electrons. The summed E-state index contributed by atoms with van der Waals surface area (Å²) in [5.74, 6) is 0. The summed E-state index contributed by atoms with van der Waals surface area (Å²) in [6.07, 6.45) is 5.20. The standard InChI is InChI=1S/C12H32N2OSi2/c1-7-9-11-16(13(3)4)15-17(14(5)6)12-10-8-2/h16-17H,7-12H2,1-6H3. The maximum absolute atomic E-state index is 6.51. The Kier molecular flexibility index (Phi) is 10.4. The van der Waals surface area contributed by atoms with Crippen molar-refractivity contribution in [2.45, 2.75) is 51.6 Å². The molecule has 0 saturated heterocycles. The van der Waals surface area contributed by atoms with E-state index in [9.17, 15) is 0 Å². The van der Waals surface area contributed by atoms with Gasteiger partial charge in [-0.1, -0.05) is 39.5 Å². The number of nitrogens with zero attached hydrogens (tertiary/aromatic N) is 2. The zero-order chi connectivity index (χ0) is 13.3. The monoisotopic (exact) mass is 276 g/mol. The summed E-state index contributed by atoms with van der Waals surface area (Å²) in [4.78, 5) is 0. The topological polar surface area (TPSA) is 15.7 Å². The molecular formula is C12H32N2OSi2. The van der Waals surface area contributed by atoms with Gasteiger partial charge < -0.3 is 13.2 Å². The first kappa shape index (κ1) is 17.3. The second-order valence-electron chi connectivity index (χ2n) is 5.26. The van der Waals surface area contributed by atoms with Gasteiger partial charge in [0.2, 0.25) is 18.4 Å². The molecule has 17 heavy (non-hydrogen) atoms. The van der Waals surface area contributed by atoms with Crippen LogP contribution in [0.1, 0.15) is 39.5 Å². The lowest BCUT2D eigenvalue weighted by molar-refractivity contribution is 0.413. The highest BCUT2D eigenvalue weighted by molar-refractivity contribution is 6.63. The lowest BCUT2D eigenvalue weighted by Crippen LogP contribution is -2.46. The predicted molar refractivity (Wildman–Crippen MR) is 82.2 cm³/mol. The zero-order valence-corrected chi connectivity index (χ0v) is 15.0. The number of unbranched alkanes of at least 4 members (excludes halogenated alkanes) is 2. The van der Waals surface area contributed by atoms with Crippen molar-refractivity contribution in [3.8, 4) is 0 Å². The van der Waals surface area contributed by atoms with Gasteiger partial charge in [0.25, 0.3) is 0 Å². The maximum atomic E-state index is 6.51. The molecule has 0 amide bonds. The van der Waals surface area contributed by atoms with E-state index in [1.54, 1.807) is 0 Å². The maximum Gasteiger partial charge on any atom is 0.244 e. The molecule has 0 aromatic heterocycles. The molecule has 2 atom stereocenters. The van der Waals surface area contributed by atoms with Gasteiger partial charge in [-0.25, -0.2) is 0 Å². The average molecular weight is 277 g/mol. The Labute approximate surface area is 112 Å². The van der Waals surface area contributed by atoms with Gasteiger partial charge in [-0.05, 0) is 40.3 Å². The van der Waals surface area contributed by atoms with Crippen LogP contribution in [0, 0.1) is 0 Å². The van der Waals surface area contributed by atoms with Crippen molar-refractivity contribution in [3.63, 3.8) is 0 Å². The van der Waals surface area contributed by atoms with Crippen molar-refractivity contribution in [2.24, 2.45) is 0 Å². The van der Waals surface area contributed by atoms with E-state index in [1.807, 2.05) is 0 Å². The fraction of sp³-hybridized carbons (Fsp3) is 1.00. The number of rotatable bonds is 10. The molecular weight excluding hydrogens is 244 g/mol. The molecule has 0 aliphatic carbocycles. The van der Waals surface area contributed by atoms with E-state index in [4.69, 9.17) is 4.12 Å². The molecule has 5 heteroatoms. The second kappa shape index (κ2) is 10.3. The normalized spacial score (nSPS) is 15.5. The largest absolute Gasteiger partial charge is 0.437 e. The summed E-state index contributed by atoms with van der Waals surface area (Å²) >= 11 is 0. The smallest absolute Gasteiger partial charge is 0.244 e. The Morgan fingerprint density at radius 1 is 0.765 bits per heavy atom. The SMILES string of the molecule is CCCC[SiH](O[SiH](CCCC)N(C)C)N(C)C. The van der Waals surface area contributed by atoms with E-state index in [-0.39, 0.29) is 0 Å². The molecule has 0 rings (SSSR count). The molecule has 0 radical (unpaired) electrons. The fourth-order valence-electron chi connectivity index (χ4n) is 1.83. The van der Waals surface area contributed by atoms with E-state index in [0.717, 1.165) is 0 Å². The Morgan fingerprint density at radius 3 is 1.35 bits per heavy atom. The first-order valence-corrected chi connectivity index (χ1v) is 10.6. The van der Waals surface area contributed by atoms with Crippen LogP contribution in [-0.4, -0.2) is 55.7 Å². The molecule has 0 aromatic rings. The molecule has 0 saturated carbocycles. The molecule has 3 nitrogen and oxygen atoms in total. The minimum Gasteiger partial charge on any atom is -0.437 e. The molecule has 0 spiro atoms. The van der Waals surface area contributed by atoms with Gasteiger partial charge >= 0.3 is 0 Å². The highest BCUT2D eigenvalue weighted by Crippen LogP contribution is 2.11. The molecule has 0 aromatic carbocycles. The number of hydrogen-bond donors (Lipinski definition) is 0. The third kappa shape index (κ3) is 8.10. The van der Waals surface area contributed by atoms with E-state index >= 15 is 0 Å². The van der Waals surface area contributed by atoms with Gasteiger partial charge in [0.15, 0.2) is 0 Å². The highest BCUT2D eigenvalue weighted by atomic mass is 28.4. The minimum absolute atomic E-state index is 1.13. The lowest BCUT2D eigenvalue weighted by atomic mass is 10.4. The number of hydrogen-bond acceptors (Lipinski definition) is 3. The Morgan fingerprint density at radius 2 is 1.12 bits per heavy atom. The molecule has 0 bridgehead atoms. The van der Waals surface area contributed by atoms with Crippen molar-refractivity contribution in [2.75, 3.05) is 28.2 Å². The van der Waals surface area contributed by atoms with E-state index < -0.39 is 18.4 Å². The van der Waals surface area contributed by atoms with Crippen molar-refractivity contribution < 1.29 is 4.12 Å². The molecule has 0 aliphatic heterocycles. The zero-order valence-electron chi connectivity index (χ0n) is 12.7. The summed E-state index contributed by atoms with van der Waals surface area (Å²) in [6, 6.07) is 2.60. The van der Waals surface area contributed by atoms with Crippen molar-refractivity contribution in [3.05, 3.63) is 0 Å². The Hall–Kier alpha value is 0.314. The predicted octanol–water partition coefficient (Wildman–Crippen LogP) is 2.17. The van der Waals surface area contributed by atoms with Crippen LogP contribution in [-0.2, 0) is 4.12 Å². The lowest BCUT2D eigenvalue weighted by Gasteiger charge is -2.31. The van der Waals surface area contributed by atoms with Crippen molar-refractivity contribution in [1.82, 2.24) is 9.13 Å². The summed E-state index contributed by atoms with van der Waals surface area (Å²) in [5, 5.41) is 0. The van der Waals surface area contributed by atoms with Crippen LogP contribution >= 0.6 is 0 Å². The molecule has 0 heterocycles. The van der Waals surface area contributed by atoms with Gasteiger partial charge in [0.1, 0.15) is 0 Å².